The van der Waals surface area contributed by atoms with Gasteiger partial charge in [-0.25, -0.2) is 0 Å². The van der Waals surface area contributed by atoms with Gasteiger partial charge in [-0.05, 0) is 18.4 Å². The number of hydrogen-bond acceptors (Lipinski definition) is 5. The number of nitrogens with zero attached hydrogens (tertiary/aromatic N) is 3. The van der Waals surface area contributed by atoms with Crippen molar-refractivity contribution in [2.75, 3.05) is 12.3 Å². The van der Waals surface area contributed by atoms with Crippen molar-refractivity contribution in [2.24, 2.45) is 0 Å². The Morgan fingerprint density at radius 2 is 2.09 bits per heavy atom. The molecule has 4 rings (SSSR count). The highest BCUT2D eigenvalue weighted by Crippen LogP contribution is 2.39. The zero-order chi connectivity index (χ0) is 14.9. The van der Waals surface area contributed by atoms with E-state index in [2.05, 4.69) is 52.3 Å². The minimum absolute atomic E-state index is 0.413. The first-order chi connectivity index (χ1) is 10.8. The maximum Gasteiger partial charge on any atom is 0.240 e. The third-order valence-corrected chi connectivity index (χ3v) is 5.70. The molecule has 2 atom stereocenters. The first-order valence-corrected chi connectivity index (χ1v) is 9.09. The van der Waals surface area contributed by atoms with Crippen molar-refractivity contribution in [1.29, 1.82) is 0 Å². The molecular weight excluding hydrogens is 294 g/mol. The monoisotopic (exact) mass is 315 g/mol. The van der Waals surface area contributed by atoms with Crippen LogP contribution in [-0.2, 0) is 6.54 Å². The van der Waals surface area contributed by atoms with Crippen LogP contribution in [0.15, 0.2) is 34.9 Å². The highest BCUT2D eigenvalue weighted by molar-refractivity contribution is 8.00. The molecule has 1 aliphatic heterocycles. The number of thioether (sulfide) groups is 1. The molecule has 2 aromatic rings. The fraction of sp³-hybridized carbons (Fsp3) is 0.529. The zero-order valence-corrected chi connectivity index (χ0v) is 13.6. The van der Waals surface area contributed by atoms with Crippen LogP contribution < -0.4 is 0 Å². The molecular formula is C17H21N3OS. The van der Waals surface area contributed by atoms with Gasteiger partial charge in [-0.1, -0.05) is 42.4 Å². The van der Waals surface area contributed by atoms with Gasteiger partial charge in [-0.15, -0.1) is 0 Å². The van der Waals surface area contributed by atoms with Crippen LogP contribution in [0.25, 0.3) is 0 Å². The Labute approximate surface area is 135 Å². The van der Waals surface area contributed by atoms with Gasteiger partial charge in [0.1, 0.15) is 0 Å². The molecule has 1 saturated heterocycles. The minimum Gasteiger partial charge on any atom is -0.338 e. The van der Waals surface area contributed by atoms with E-state index in [4.69, 9.17) is 4.52 Å². The smallest absolute Gasteiger partial charge is 0.240 e. The quantitative estimate of drug-likeness (QED) is 0.862. The third kappa shape index (κ3) is 2.92. The van der Waals surface area contributed by atoms with Gasteiger partial charge >= 0.3 is 0 Å². The number of rotatable bonds is 4. The SMILES string of the molecule is C[C@@H]1SCCN(Cc2nc(C3CC3)no2)[C@H]1c1ccccc1. The largest absolute Gasteiger partial charge is 0.338 e. The number of benzene rings is 1. The molecule has 0 spiro atoms. The Hall–Kier alpha value is -1.33. The molecule has 0 unspecified atom stereocenters. The highest BCUT2D eigenvalue weighted by Gasteiger charge is 2.33. The molecule has 1 saturated carbocycles. The van der Waals surface area contributed by atoms with Gasteiger partial charge in [0.05, 0.1) is 6.54 Å². The van der Waals surface area contributed by atoms with E-state index in [1.165, 1.54) is 18.4 Å². The summed E-state index contributed by atoms with van der Waals surface area (Å²) < 4.78 is 5.48. The van der Waals surface area contributed by atoms with Gasteiger partial charge < -0.3 is 4.52 Å². The van der Waals surface area contributed by atoms with E-state index >= 15 is 0 Å². The van der Waals surface area contributed by atoms with Crippen LogP contribution in [0.1, 0.15) is 49.0 Å². The normalized spacial score (nSPS) is 26.2. The van der Waals surface area contributed by atoms with E-state index in [1.54, 1.807) is 0 Å². The lowest BCUT2D eigenvalue weighted by atomic mass is 10.0. The fourth-order valence-electron chi connectivity index (χ4n) is 3.21. The molecule has 116 valence electrons. The molecule has 1 aromatic heterocycles. The second-order valence-electron chi connectivity index (χ2n) is 6.22. The van der Waals surface area contributed by atoms with E-state index in [9.17, 15) is 0 Å². The van der Waals surface area contributed by atoms with Gasteiger partial charge in [0.2, 0.25) is 5.89 Å². The second kappa shape index (κ2) is 6.05. The summed E-state index contributed by atoms with van der Waals surface area (Å²) in [7, 11) is 0. The average molecular weight is 315 g/mol. The molecule has 0 amide bonds. The number of hydrogen-bond donors (Lipinski definition) is 0. The van der Waals surface area contributed by atoms with Gasteiger partial charge in [0.25, 0.3) is 0 Å². The lowest BCUT2D eigenvalue weighted by Gasteiger charge is -2.39. The van der Waals surface area contributed by atoms with Crippen LogP contribution >= 0.6 is 11.8 Å². The van der Waals surface area contributed by atoms with Crippen molar-refractivity contribution in [3.05, 3.63) is 47.6 Å². The van der Waals surface area contributed by atoms with Gasteiger partial charge in [-0.2, -0.15) is 16.7 Å². The summed E-state index contributed by atoms with van der Waals surface area (Å²) in [6, 6.07) is 11.2. The molecule has 0 N–H and O–H groups in total. The molecule has 2 aliphatic rings. The van der Waals surface area contributed by atoms with Gasteiger partial charge in [-0.3, -0.25) is 4.90 Å². The average Bonchev–Trinajstić information content (AvgIpc) is 3.29. The Kier molecular flexibility index (Phi) is 3.92. The van der Waals surface area contributed by atoms with Crippen molar-refractivity contribution in [3.8, 4) is 0 Å². The Balaban J connectivity index is 1.54. The number of aromatic nitrogens is 2. The molecule has 1 aromatic carbocycles. The molecule has 4 nitrogen and oxygen atoms in total. The van der Waals surface area contributed by atoms with Crippen LogP contribution in [0, 0.1) is 0 Å². The summed E-state index contributed by atoms with van der Waals surface area (Å²) in [6.07, 6.45) is 2.42. The Bertz CT molecular complexity index is 626. The van der Waals surface area contributed by atoms with E-state index in [0.29, 0.717) is 17.2 Å². The lowest BCUT2D eigenvalue weighted by Crippen LogP contribution is -2.39. The van der Waals surface area contributed by atoms with E-state index in [-0.39, 0.29) is 0 Å². The van der Waals surface area contributed by atoms with Crippen molar-refractivity contribution in [1.82, 2.24) is 15.0 Å². The molecule has 2 fully saturated rings. The van der Waals surface area contributed by atoms with Crippen molar-refractivity contribution in [2.45, 2.75) is 43.5 Å². The maximum atomic E-state index is 5.48. The summed E-state index contributed by atoms with van der Waals surface area (Å²) in [4.78, 5) is 7.08. The van der Waals surface area contributed by atoms with Crippen molar-refractivity contribution in [3.63, 3.8) is 0 Å². The molecule has 2 heterocycles. The summed E-state index contributed by atoms with van der Waals surface area (Å²) in [5.41, 5.74) is 1.38. The first-order valence-electron chi connectivity index (χ1n) is 8.04. The molecule has 1 aliphatic carbocycles. The Morgan fingerprint density at radius 3 is 2.86 bits per heavy atom. The summed E-state index contributed by atoms with van der Waals surface area (Å²) in [5.74, 6) is 3.39. The highest BCUT2D eigenvalue weighted by atomic mass is 32.2. The first kappa shape index (κ1) is 14.3. The second-order valence-corrected chi connectivity index (χ2v) is 7.71. The van der Waals surface area contributed by atoms with Crippen LogP contribution in [0.5, 0.6) is 0 Å². The summed E-state index contributed by atoms with van der Waals surface area (Å²) >= 11 is 2.05. The van der Waals surface area contributed by atoms with Gasteiger partial charge in [0.15, 0.2) is 5.82 Å². The minimum atomic E-state index is 0.413. The molecule has 22 heavy (non-hydrogen) atoms. The summed E-state index contributed by atoms with van der Waals surface area (Å²) in [5, 5.41) is 4.71. The lowest BCUT2D eigenvalue weighted by molar-refractivity contribution is 0.167. The molecule has 5 heteroatoms. The topological polar surface area (TPSA) is 42.2 Å². The van der Waals surface area contributed by atoms with E-state index < -0.39 is 0 Å². The van der Waals surface area contributed by atoms with Crippen LogP contribution in [0.3, 0.4) is 0 Å². The van der Waals surface area contributed by atoms with Crippen LogP contribution in [0.2, 0.25) is 0 Å². The molecule has 0 radical (unpaired) electrons. The fourth-order valence-corrected chi connectivity index (χ4v) is 4.43. The zero-order valence-electron chi connectivity index (χ0n) is 12.8. The van der Waals surface area contributed by atoms with Crippen molar-refractivity contribution >= 4 is 11.8 Å². The van der Waals surface area contributed by atoms with E-state index in [1.807, 2.05) is 11.8 Å². The Morgan fingerprint density at radius 1 is 1.27 bits per heavy atom. The van der Waals surface area contributed by atoms with E-state index in [0.717, 1.165) is 30.6 Å². The van der Waals surface area contributed by atoms with Crippen LogP contribution in [0.4, 0.5) is 0 Å². The predicted octanol–water partition coefficient (Wildman–Crippen LogP) is 3.63. The third-order valence-electron chi connectivity index (χ3n) is 4.50. The van der Waals surface area contributed by atoms with Crippen molar-refractivity contribution < 1.29 is 4.52 Å². The molecule has 0 bridgehead atoms. The maximum absolute atomic E-state index is 5.48. The van der Waals surface area contributed by atoms with Gasteiger partial charge in [0, 0.05) is 29.5 Å². The standard InChI is InChI=1S/C17H21N3OS/c1-12-16(13-5-3-2-4-6-13)20(9-10-22-12)11-15-18-17(19-21-15)14-7-8-14/h2-6,12,14,16H,7-11H2,1H3/t12-,16+/m0/s1. The van der Waals surface area contributed by atoms with Crippen LogP contribution in [-0.4, -0.2) is 32.6 Å². The predicted molar refractivity (Wildman–Crippen MR) is 87.8 cm³/mol. The summed E-state index contributed by atoms with van der Waals surface area (Å²) in [6.45, 7) is 4.14.